The Balaban J connectivity index is 1.26. The van der Waals surface area contributed by atoms with Crippen LogP contribution in [-0.2, 0) is 5.41 Å². The zero-order chi connectivity index (χ0) is 32.7. The highest BCUT2D eigenvalue weighted by molar-refractivity contribution is 6.09. The molecule has 49 heavy (non-hydrogen) atoms. The first-order valence-corrected chi connectivity index (χ1v) is 16.6. The van der Waals surface area contributed by atoms with E-state index < -0.39 is 0 Å². The minimum atomic E-state index is -0.150. The van der Waals surface area contributed by atoms with Gasteiger partial charge in [-0.15, -0.1) is 0 Å². The summed E-state index contributed by atoms with van der Waals surface area (Å²) in [6.45, 7) is 4.59. The minimum Gasteiger partial charge on any atom is -0.453 e. The molecule has 5 nitrogen and oxygen atoms in total. The van der Waals surface area contributed by atoms with Crippen LogP contribution in [0.25, 0.3) is 83.9 Å². The fourth-order valence-electron chi connectivity index (χ4n) is 7.80. The molecule has 232 valence electrons. The summed E-state index contributed by atoms with van der Waals surface area (Å²) < 4.78 is 8.70. The zero-order valence-corrected chi connectivity index (χ0v) is 27.1. The van der Waals surface area contributed by atoms with E-state index in [1.807, 2.05) is 30.3 Å². The molecule has 0 bridgehead atoms. The van der Waals surface area contributed by atoms with Gasteiger partial charge in [0, 0.05) is 32.7 Å². The topological polar surface area (TPSA) is 56.7 Å². The van der Waals surface area contributed by atoms with Crippen LogP contribution in [0.2, 0.25) is 0 Å². The average Bonchev–Trinajstić information content (AvgIpc) is 3.80. The van der Waals surface area contributed by atoms with Crippen molar-refractivity contribution < 1.29 is 4.42 Å². The number of rotatable bonds is 4. The molecule has 0 aliphatic heterocycles. The van der Waals surface area contributed by atoms with E-state index in [1.54, 1.807) is 0 Å². The van der Waals surface area contributed by atoms with Gasteiger partial charge >= 0.3 is 0 Å². The smallest absolute Gasteiger partial charge is 0.199 e. The van der Waals surface area contributed by atoms with E-state index in [-0.39, 0.29) is 5.41 Å². The van der Waals surface area contributed by atoms with Gasteiger partial charge in [0.25, 0.3) is 0 Å². The van der Waals surface area contributed by atoms with Crippen LogP contribution in [0, 0.1) is 0 Å². The molecule has 5 heteroatoms. The van der Waals surface area contributed by atoms with Crippen molar-refractivity contribution in [3.05, 3.63) is 157 Å². The van der Waals surface area contributed by atoms with Crippen molar-refractivity contribution in [2.24, 2.45) is 0 Å². The summed E-state index contributed by atoms with van der Waals surface area (Å²) in [6, 6.07) is 50.7. The van der Waals surface area contributed by atoms with Crippen LogP contribution in [0.3, 0.4) is 0 Å². The van der Waals surface area contributed by atoms with E-state index in [4.69, 9.17) is 19.4 Å². The van der Waals surface area contributed by atoms with E-state index >= 15 is 0 Å². The molecular weight excluding hydrogens is 601 g/mol. The lowest BCUT2D eigenvalue weighted by molar-refractivity contribution is 0.625. The second-order valence-corrected chi connectivity index (χ2v) is 13.2. The molecule has 0 fully saturated rings. The quantitative estimate of drug-likeness (QED) is 0.194. The first-order chi connectivity index (χ1) is 24.1. The van der Waals surface area contributed by atoms with Crippen molar-refractivity contribution in [1.29, 1.82) is 0 Å². The third-order valence-electron chi connectivity index (χ3n) is 10.1. The Labute approximate surface area is 283 Å². The van der Waals surface area contributed by atoms with Gasteiger partial charge < -0.3 is 8.98 Å². The molecule has 9 aromatic rings. The molecule has 0 saturated carbocycles. The second-order valence-electron chi connectivity index (χ2n) is 13.2. The maximum absolute atomic E-state index is 6.38. The predicted molar refractivity (Wildman–Crippen MR) is 198 cm³/mol. The lowest BCUT2D eigenvalue weighted by atomic mass is 9.82. The van der Waals surface area contributed by atoms with E-state index in [1.165, 1.54) is 33.0 Å². The lowest BCUT2D eigenvalue weighted by Crippen LogP contribution is -2.14. The van der Waals surface area contributed by atoms with E-state index in [2.05, 4.69) is 134 Å². The fourth-order valence-corrected chi connectivity index (χ4v) is 7.80. The second kappa shape index (κ2) is 10.3. The molecule has 0 spiro atoms. The highest BCUT2D eigenvalue weighted by Crippen LogP contribution is 2.51. The van der Waals surface area contributed by atoms with Crippen molar-refractivity contribution in [2.75, 3.05) is 0 Å². The van der Waals surface area contributed by atoms with Crippen LogP contribution in [0.15, 0.2) is 150 Å². The number of furan rings is 1. The molecule has 3 heterocycles. The molecule has 0 radical (unpaired) electrons. The largest absolute Gasteiger partial charge is 0.453 e. The fraction of sp³-hybridized carbons (Fsp3) is 0.0682. The Morgan fingerprint density at radius 2 is 1.08 bits per heavy atom. The SMILES string of the molecule is CC1(C)c2ccccc2-c2c(-c3nc(-c4cc5ccccc5o4)nc(-c4ccccc4-n4c5ccccc5c5ccccc54)n3)cccc21. The number of hydrogen-bond acceptors (Lipinski definition) is 4. The summed E-state index contributed by atoms with van der Waals surface area (Å²) in [6.07, 6.45) is 0. The Bertz CT molecular complexity index is 2680. The van der Waals surface area contributed by atoms with Crippen LogP contribution >= 0.6 is 0 Å². The maximum Gasteiger partial charge on any atom is 0.199 e. The predicted octanol–water partition coefficient (Wildman–Crippen LogP) is 11.0. The molecule has 0 atom stereocenters. The molecular formula is C44H30N4O. The van der Waals surface area contributed by atoms with Gasteiger partial charge in [-0.25, -0.2) is 15.0 Å². The van der Waals surface area contributed by atoms with Crippen molar-refractivity contribution in [3.8, 4) is 51.2 Å². The third kappa shape index (κ3) is 4.09. The number of hydrogen-bond donors (Lipinski definition) is 0. The Morgan fingerprint density at radius 1 is 0.510 bits per heavy atom. The van der Waals surface area contributed by atoms with Gasteiger partial charge in [-0.2, -0.15) is 0 Å². The van der Waals surface area contributed by atoms with Crippen LogP contribution in [0.5, 0.6) is 0 Å². The highest BCUT2D eigenvalue weighted by Gasteiger charge is 2.37. The average molecular weight is 631 g/mol. The number of fused-ring (bicyclic) bond motifs is 7. The molecule has 6 aromatic carbocycles. The standard InChI is InChI=1S/C44H30N4O/c1-44(2)33-20-8-4-17-30(33)40-32(19-13-21-34(40)44)42-45-41(46-43(47-42)39-26-27-14-3-12-25-38(27)49-39)31-18-7-11-24-37(31)48-35-22-9-5-15-28(35)29-16-6-10-23-36(29)48/h3-26H,1-2H3. The maximum atomic E-state index is 6.38. The van der Waals surface area contributed by atoms with Crippen molar-refractivity contribution in [3.63, 3.8) is 0 Å². The van der Waals surface area contributed by atoms with E-state index in [0.717, 1.165) is 38.8 Å². The van der Waals surface area contributed by atoms with Crippen LogP contribution in [0.1, 0.15) is 25.0 Å². The summed E-state index contributed by atoms with van der Waals surface area (Å²) in [7, 11) is 0. The third-order valence-corrected chi connectivity index (χ3v) is 10.1. The van der Waals surface area contributed by atoms with Gasteiger partial charge in [0.15, 0.2) is 23.2 Å². The zero-order valence-electron chi connectivity index (χ0n) is 27.1. The van der Waals surface area contributed by atoms with E-state index in [9.17, 15) is 0 Å². The summed E-state index contributed by atoms with van der Waals surface area (Å²) in [4.78, 5) is 15.6. The summed E-state index contributed by atoms with van der Waals surface area (Å²) in [5, 5.41) is 3.41. The molecule has 0 unspecified atom stereocenters. The van der Waals surface area contributed by atoms with Gasteiger partial charge in [-0.1, -0.05) is 123 Å². The van der Waals surface area contributed by atoms with Gasteiger partial charge in [0.2, 0.25) is 0 Å². The van der Waals surface area contributed by atoms with Gasteiger partial charge in [-0.05, 0) is 58.7 Å². The molecule has 0 saturated heterocycles. The van der Waals surface area contributed by atoms with Gasteiger partial charge in [-0.3, -0.25) is 0 Å². The molecule has 3 aromatic heterocycles. The number of benzene rings is 6. The summed E-state index contributed by atoms with van der Waals surface area (Å²) >= 11 is 0. The lowest BCUT2D eigenvalue weighted by Gasteiger charge is -2.21. The van der Waals surface area contributed by atoms with Crippen molar-refractivity contribution >= 4 is 32.8 Å². The van der Waals surface area contributed by atoms with Crippen molar-refractivity contribution in [1.82, 2.24) is 19.5 Å². The minimum absolute atomic E-state index is 0.150. The van der Waals surface area contributed by atoms with Gasteiger partial charge in [0.05, 0.1) is 16.7 Å². The van der Waals surface area contributed by atoms with Crippen molar-refractivity contribution in [2.45, 2.75) is 19.3 Å². The highest BCUT2D eigenvalue weighted by atomic mass is 16.3. The first-order valence-electron chi connectivity index (χ1n) is 16.6. The molecule has 1 aliphatic carbocycles. The molecule has 10 rings (SSSR count). The van der Waals surface area contributed by atoms with Crippen LogP contribution in [0.4, 0.5) is 0 Å². The Morgan fingerprint density at radius 3 is 1.86 bits per heavy atom. The molecule has 1 aliphatic rings. The number of para-hydroxylation sites is 4. The number of aromatic nitrogens is 4. The summed E-state index contributed by atoms with van der Waals surface area (Å²) in [5.74, 6) is 2.30. The Hall–Kier alpha value is -6.33. The van der Waals surface area contributed by atoms with Crippen LogP contribution in [-0.4, -0.2) is 19.5 Å². The normalized spacial score (nSPS) is 13.3. The monoisotopic (exact) mass is 630 g/mol. The summed E-state index contributed by atoms with van der Waals surface area (Å²) in [5.41, 5.74) is 10.7. The van der Waals surface area contributed by atoms with Crippen LogP contribution < -0.4 is 0 Å². The first kappa shape index (κ1) is 27.8. The Kier molecular flexibility index (Phi) is 5.85. The van der Waals surface area contributed by atoms with E-state index in [0.29, 0.717) is 23.2 Å². The number of nitrogens with zero attached hydrogens (tertiary/aromatic N) is 4. The molecule has 0 amide bonds. The van der Waals surface area contributed by atoms with Gasteiger partial charge in [0.1, 0.15) is 5.58 Å². The molecule has 0 N–H and O–H groups in total.